The lowest BCUT2D eigenvalue weighted by Gasteiger charge is -2.10. The Bertz CT molecular complexity index is 883. The topological polar surface area (TPSA) is 78.9 Å². The Kier molecular flexibility index (Phi) is 4.84. The van der Waals surface area contributed by atoms with Crippen LogP contribution >= 0.6 is 0 Å². The van der Waals surface area contributed by atoms with Crippen molar-refractivity contribution in [3.63, 3.8) is 0 Å². The molecule has 7 heteroatoms. The summed E-state index contributed by atoms with van der Waals surface area (Å²) in [5.74, 6) is 0.545. The van der Waals surface area contributed by atoms with Crippen molar-refractivity contribution in [3.05, 3.63) is 66.7 Å². The minimum atomic E-state index is -0.357. The van der Waals surface area contributed by atoms with Crippen molar-refractivity contribution < 1.29 is 9.18 Å². The lowest BCUT2D eigenvalue weighted by atomic mass is 10.2. The van der Waals surface area contributed by atoms with E-state index in [4.69, 9.17) is 0 Å². The normalized spacial score (nSPS) is 10.2. The third kappa shape index (κ3) is 4.51. The molecule has 3 rings (SSSR count). The SMILES string of the molecule is CC(=O)Nc1ccc(Nc2cc(Nc3ccccc3F)ncn2)cc1. The fourth-order valence-electron chi connectivity index (χ4n) is 2.18. The molecule has 3 aromatic rings. The summed E-state index contributed by atoms with van der Waals surface area (Å²) in [7, 11) is 0. The van der Waals surface area contributed by atoms with Gasteiger partial charge in [0.15, 0.2) is 0 Å². The number of carbonyl (C=O) groups is 1. The molecular formula is C18H16FN5O. The van der Waals surface area contributed by atoms with Gasteiger partial charge in [-0.15, -0.1) is 0 Å². The van der Waals surface area contributed by atoms with Gasteiger partial charge in [0.25, 0.3) is 0 Å². The Morgan fingerprint density at radius 3 is 2.24 bits per heavy atom. The maximum Gasteiger partial charge on any atom is 0.221 e. The maximum atomic E-state index is 13.7. The number of hydrogen-bond acceptors (Lipinski definition) is 5. The Morgan fingerprint density at radius 2 is 1.56 bits per heavy atom. The molecule has 0 saturated heterocycles. The molecule has 0 spiro atoms. The second-order valence-electron chi connectivity index (χ2n) is 5.28. The third-order valence-electron chi connectivity index (χ3n) is 3.28. The average molecular weight is 337 g/mol. The van der Waals surface area contributed by atoms with E-state index >= 15 is 0 Å². The number of amides is 1. The molecule has 0 aliphatic carbocycles. The van der Waals surface area contributed by atoms with Gasteiger partial charge in [0.1, 0.15) is 23.8 Å². The monoisotopic (exact) mass is 337 g/mol. The van der Waals surface area contributed by atoms with Crippen LogP contribution in [0.15, 0.2) is 60.9 Å². The first-order valence-corrected chi connectivity index (χ1v) is 7.58. The number of benzene rings is 2. The van der Waals surface area contributed by atoms with Crippen molar-refractivity contribution in [1.29, 1.82) is 0 Å². The number of nitrogens with one attached hydrogen (secondary N) is 3. The van der Waals surface area contributed by atoms with Crippen LogP contribution in [0.25, 0.3) is 0 Å². The minimum Gasteiger partial charge on any atom is -0.340 e. The van der Waals surface area contributed by atoms with Gasteiger partial charge in [0.2, 0.25) is 5.91 Å². The van der Waals surface area contributed by atoms with Gasteiger partial charge < -0.3 is 16.0 Å². The van der Waals surface area contributed by atoms with E-state index in [2.05, 4.69) is 25.9 Å². The molecular weight excluding hydrogens is 321 g/mol. The Morgan fingerprint density at radius 1 is 0.920 bits per heavy atom. The number of carbonyl (C=O) groups excluding carboxylic acids is 1. The highest BCUT2D eigenvalue weighted by molar-refractivity contribution is 5.88. The summed E-state index contributed by atoms with van der Waals surface area (Å²) in [4.78, 5) is 19.3. The van der Waals surface area contributed by atoms with Crippen LogP contribution < -0.4 is 16.0 Å². The van der Waals surface area contributed by atoms with Gasteiger partial charge in [-0.05, 0) is 36.4 Å². The zero-order valence-corrected chi connectivity index (χ0v) is 13.5. The predicted octanol–water partition coefficient (Wildman–Crippen LogP) is 4.06. The van der Waals surface area contributed by atoms with Gasteiger partial charge in [0, 0.05) is 24.4 Å². The largest absolute Gasteiger partial charge is 0.340 e. The lowest BCUT2D eigenvalue weighted by Crippen LogP contribution is -2.05. The molecule has 25 heavy (non-hydrogen) atoms. The van der Waals surface area contributed by atoms with E-state index in [9.17, 15) is 9.18 Å². The quantitative estimate of drug-likeness (QED) is 0.654. The van der Waals surface area contributed by atoms with Crippen molar-refractivity contribution in [2.45, 2.75) is 6.92 Å². The standard InChI is InChI=1S/C18H16FN5O/c1-12(25)22-13-6-8-14(9-7-13)23-17-10-18(21-11-20-17)24-16-5-3-2-4-15(16)19/h2-11H,1H3,(H,22,25)(H2,20,21,23,24). The van der Waals surface area contributed by atoms with Crippen LogP contribution in [0.4, 0.5) is 33.1 Å². The predicted molar refractivity (Wildman–Crippen MR) is 95.7 cm³/mol. The minimum absolute atomic E-state index is 0.125. The van der Waals surface area contributed by atoms with Crippen LogP contribution in [0.5, 0.6) is 0 Å². The fraction of sp³-hybridized carbons (Fsp3) is 0.0556. The number of aromatic nitrogens is 2. The first-order chi connectivity index (χ1) is 12.1. The van der Waals surface area contributed by atoms with Crippen LogP contribution in [0.1, 0.15) is 6.92 Å². The van der Waals surface area contributed by atoms with E-state index in [0.29, 0.717) is 23.0 Å². The molecule has 0 unspecified atom stereocenters. The van der Waals surface area contributed by atoms with Gasteiger partial charge >= 0.3 is 0 Å². The zero-order valence-electron chi connectivity index (χ0n) is 13.5. The molecule has 6 nitrogen and oxygen atoms in total. The van der Waals surface area contributed by atoms with E-state index in [-0.39, 0.29) is 11.7 Å². The zero-order chi connectivity index (χ0) is 17.6. The van der Waals surface area contributed by atoms with Gasteiger partial charge in [0.05, 0.1) is 5.69 Å². The summed E-state index contributed by atoms with van der Waals surface area (Å²) in [5, 5.41) is 8.74. The van der Waals surface area contributed by atoms with Crippen molar-refractivity contribution in [1.82, 2.24) is 9.97 Å². The number of anilines is 5. The van der Waals surface area contributed by atoms with E-state index in [1.54, 1.807) is 36.4 Å². The summed E-state index contributed by atoms with van der Waals surface area (Å²) >= 11 is 0. The number of rotatable bonds is 5. The summed E-state index contributed by atoms with van der Waals surface area (Å²) in [6.45, 7) is 1.46. The van der Waals surface area contributed by atoms with Gasteiger partial charge in [-0.1, -0.05) is 12.1 Å². The van der Waals surface area contributed by atoms with Crippen molar-refractivity contribution in [2.24, 2.45) is 0 Å². The van der Waals surface area contributed by atoms with Crippen LogP contribution in [-0.4, -0.2) is 15.9 Å². The molecule has 0 aliphatic heterocycles. The molecule has 0 radical (unpaired) electrons. The van der Waals surface area contributed by atoms with Crippen LogP contribution in [-0.2, 0) is 4.79 Å². The molecule has 0 fully saturated rings. The van der Waals surface area contributed by atoms with Crippen molar-refractivity contribution >= 4 is 34.6 Å². The molecule has 0 bridgehead atoms. The van der Waals surface area contributed by atoms with Crippen molar-refractivity contribution in [3.8, 4) is 0 Å². The highest BCUT2D eigenvalue weighted by Gasteiger charge is 2.04. The van der Waals surface area contributed by atoms with Crippen LogP contribution in [0, 0.1) is 5.82 Å². The molecule has 1 aromatic heterocycles. The molecule has 1 heterocycles. The first-order valence-electron chi connectivity index (χ1n) is 7.58. The van der Waals surface area contributed by atoms with E-state index in [1.165, 1.54) is 19.3 Å². The van der Waals surface area contributed by atoms with E-state index in [0.717, 1.165) is 5.69 Å². The molecule has 3 N–H and O–H groups in total. The Hall–Kier alpha value is -3.48. The average Bonchev–Trinajstić information content (AvgIpc) is 2.59. The van der Waals surface area contributed by atoms with E-state index in [1.807, 2.05) is 12.1 Å². The van der Waals surface area contributed by atoms with Crippen LogP contribution in [0.3, 0.4) is 0 Å². The van der Waals surface area contributed by atoms with Gasteiger partial charge in [-0.3, -0.25) is 4.79 Å². The molecule has 0 aliphatic rings. The second kappa shape index (κ2) is 7.39. The molecule has 126 valence electrons. The van der Waals surface area contributed by atoms with Crippen molar-refractivity contribution in [2.75, 3.05) is 16.0 Å². The Labute approximate surface area is 144 Å². The highest BCUT2D eigenvalue weighted by atomic mass is 19.1. The smallest absolute Gasteiger partial charge is 0.221 e. The van der Waals surface area contributed by atoms with Crippen LogP contribution in [0.2, 0.25) is 0 Å². The summed E-state index contributed by atoms with van der Waals surface area (Å²) < 4.78 is 13.7. The lowest BCUT2D eigenvalue weighted by molar-refractivity contribution is -0.114. The summed E-state index contributed by atoms with van der Waals surface area (Å²) in [5.41, 5.74) is 1.85. The molecule has 2 aromatic carbocycles. The molecule has 1 amide bonds. The molecule has 0 atom stereocenters. The highest BCUT2D eigenvalue weighted by Crippen LogP contribution is 2.21. The molecule has 0 saturated carbocycles. The summed E-state index contributed by atoms with van der Waals surface area (Å²) in [6, 6.07) is 15.2. The third-order valence-corrected chi connectivity index (χ3v) is 3.28. The number of para-hydroxylation sites is 1. The number of hydrogen-bond donors (Lipinski definition) is 3. The fourth-order valence-corrected chi connectivity index (χ4v) is 2.18. The summed E-state index contributed by atoms with van der Waals surface area (Å²) in [6.07, 6.45) is 1.39. The van der Waals surface area contributed by atoms with Gasteiger partial charge in [-0.2, -0.15) is 0 Å². The first kappa shape index (κ1) is 16.4. The number of nitrogens with zero attached hydrogens (tertiary/aromatic N) is 2. The number of halogens is 1. The van der Waals surface area contributed by atoms with E-state index < -0.39 is 0 Å². The Balaban J connectivity index is 1.71. The second-order valence-corrected chi connectivity index (χ2v) is 5.28. The van der Waals surface area contributed by atoms with Gasteiger partial charge in [-0.25, -0.2) is 14.4 Å². The maximum absolute atomic E-state index is 13.7.